The second kappa shape index (κ2) is 5.67. The summed E-state index contributed by atoms with van der Waals surface area (Å²) in [5, 5.41) is 9.02. The summed E-state index contributed by atoms with van der Waals surface area (Å²) in [6.45, 7) is 0. The molecule has 0 aliphatic carbocycles. The standard InChI is InChI=1S/C13H13N3O2/c1-18-12-4-2-3-10(7-12)5-6-13(17)16-11-8-14-15-9-11/h2-9H,1H3,(H,14,15)(H,16,17)/b6-5+. The maximum atomic E-state index is 11.6. The molecule has 5 nitrogen and oxygen atoms in total. The van der Waals surface area contributed by atoms with Crippen LogP contribution in [0, 0.1) is 0 Å². The molecule has 2 aromatic rings. The van der Waals surface area contributed by atoms with E-state index in [0.717, 1.165) is 11.3 Å². The third kappa shape index (κ3) is 3.21. The topological polar surface area (TPSA) is 67.0 Å². The Morgan fingerprint density at radius 1 is 1.50 bits per heavy atom. The smallest absolute Gasteiger partial charge is 0.248 e. The predicted molar refractivity (Wildman–Crippen MR) is 69.2 cm³/mol. The molecule has 5 heteroatoms. The predicted octanol–water partition coefficient (Wildman–Crippen LogP) is 2.07. The summed E-state index contributed by atoms with van der Waals surface area (Å²) in [7, 11) is 1.61. The highest BCUT2D eigenvalue weighted by molar-refractivity contribution is 6.01. The van der Waals surface area contributed by atoms with E-state index in [4.69, 9.17) is 4.74 Å². The summed E-state index contributed by atoms with van der Waals surface area (Å²) in [4.78, 5) is 11.6. The molecule has 0 unspecified atom stereocenters. The molecule has 0 bridgehead atoms. The number of nitrogens with zero attached hydrogens (tertiary/aromatic N) is 1. The van der Waals surface area contributed by atoms with Gasteiger partial charge in [0, 0.05) is 12.3 Å². The molecule has 0 aliphatic rings. The van der Waals surface area contributed by atoms with Crippen molar-refractivity contribution in [3.8, 4) is 5.75 Å². The van der Waals surface area contributed by atoms with Crippen LogP contribution in [0.25, 0.3) is 6.08 Å². The number of carbonyl (C=O) groups excluding carboxylic acids is 1. The summed E-state index contributed by atoms with van der Waals surface area (Å²) in [6, 6.07) is 7.46. The van der Waals surface area contributed by atoms with Crippen molar-refractivity contribution in [2.75, 3.05) is 12.4 Å². The number of aromatic amines is 1. The number of hydrogen-bond acceptors (Lipinski definition) is 3. The van der Waals surface area contributed by atoms with Gasteiger partial charge in [-0.1, -0.05) is 12.1 Å². The molecular formula is C13H13N3O2. The summed E-state index contributed by atoms with van der Waals surface area (Å²) in [5.74, 6) is 0.548. The molecule has 1 aromatic carbocycles. The number of benzene rings is 1. The van der Waals surface area contributed by atoms with Crippen molar-refractivity contribution in [1.29, 1.82) is 0 Å². The van der Waals surface area contributed by atoms with Crippen molar-refractivity contribution < 1.29 is 9.53 Å². The number of anilines is 1. The molecule has 0 fully saturated rings. The van der Waals surface area contributed by atoms with Crippen molar-refractivity contribution >= 4 is 17.7 Å². The lowest BCUT2D eigenvalue weighted by atomic mass is 10.2. The molecule has 1 heterocycles. The second-order valence-corrected chi connectivity index (χ2v) is 3.59. The van der Waals surface area contributed by atoms with Gasteiger partial charge in [0.05, 0.1) is 19.0 Å². The van der Waals surface area contributed by atoms with E-state index in [1.54, 1.807) is 19.4 Å². The van der Waals surface area contributed by atoms with Crippen molar-refractivity contribution in [1.82, 2.24) is 10.2 Å². The first-order chi connectivity index (χ1) is 8.78. The van der Waals surface area contributed by atoms with Crippen LogP contribution >= 0.6 is 0 Å². The maximum Gasteiger partial charge on any atom is 0.248 e. The molecule has 1 amide bonds. The molecule has 0 radical (unpaired) electrons. The van der Waals surface area contributed by atoms with E-state index in [1.807, 2.05) is 24.3 Å². The maximum absolute atomic E-state index is 11.6. The minimum atomic E-state index is -0.209. The summed E-state index contributed by atoms with van der Waals surface area (Å²) in [6.07, 6.45) is 6.33. The lowest BCUT2D eigenvalue weighted by molar-refractivity contribution is -0.111. The third-order valence-electron chi connectivity index (χ3n) is 2.29. The Kier molecular flexibility index (Phi) is 3.76. The Balaban J connectivity index is 1.99. The van der Waals surface area contributed by atoms with E-state index < -0.39 is 0 Å². The van der Waals surface area contributed by atoms with E-state index in [-0.39, 0.29) is 5.91 Å². The van der Waals surface area contributed by atoms with E-state index in [2.05, 4.69) is 15.5 Å². The number of amides is 1. The van der Waals surface area contributed by atoms with E-state index in [1.165, 1.54) is 12.3 Å². The van der Waals surface area contributed by atoms with Gasteiger partial charge in [0.25, 0.3) is 0 Å². The third-order valence-corrected chi connectivity index (χ3v) is 2.29. The molecule has 1 aromatic heterocycles. The minimum Gasteiger partial charge on any atom is -0.497 e. The molecule has 2 rings (SSSR count). The monoisotopic (exact) mass is 243 g/mol. The van der Waals surface area contributed by atoms with Crippen molar-refractivity contribution in [2.45, 2.75) is 0 Å². The van der Waals surface area contributed by atoms with Crippen LogP contribution in [-0.2, 0) is 4.79 Å². The van der Waals surface area contributed by atoms with Gasteiger partial charge >= 0.3 is 0 Å². The first kappa shape index (κ1) is 11.9. The lowest BCUT2D eigenvalue weighted by Gasteiger charge is -2.00. The highest BCUT2D eigenvalue weighted by Gasteiger charge is 1.98. The number of methoxy groups -OCH3 is 1. The molecule has 2 N–H and O–H groups in total. The first-order valence-electron chi connectivity index (χ1n) is 5.40. The average Bonchev–Trinajstić information content (AvgIpc) is 2.89. The Labute approximate surface area is 104 Å². The summed E-state index contributed by atoms with van der Waals surface area (Å²) >= 11 is 0. The summed E-state index contributed by atoms with van der Waals surface area (Å²) < 4.78 is 5.10. The van der Waals surface area contributed by atoms with Crippen LogP contribution < -0.4 is 10.1 Å². The number of aromatic nitrogens is 2. The van der Waals surface area contributed by atoms with Gasteiger partial charge in [-0.15, -0.1) is 0 Å². The molecule has 92 valence electrons. The number of H-pyrrole nitrogens is 1. The number of ether oxygens (including phenoxy) is 1. The zero-order valence-corrected chi connectivity index (χ0v) is 9.88. The van der Waals surface area contributed by atoms with Crippen molar-refractivity contribution in [3.05, 3.63) is 48.3 Å². The quantitative estimate of drug-likeness (QED) is 0.808. The highest BCUT2D eigenvalue weighted by atomic mass is 16.5. The zero-order chi connectivity index (χ0) is 12.8. The fraction of sp³-hybridized carbons (Fsp3) is 0.0769. The van der Waals surface area contributed by atoms with Gasteiger partial charge in [0.2, 0.25) is 5.91 Å². The molecule has 0 saturated carbocycles. The fourth-order valence-electron chi connectivity index (χ4n) is 1.42. The highest BCUT2D eigenvalue weighted by Crippen LogP contribution is 2.13. The fourth-order valence-corrected chi connectivity index (χ4v) is 1.42. The molecule has 0 spiro atoms. The van der Waals surface area contributed by atoms with Crippen LogP contribution in [-0.4, -0.2) is 23.2 Å². The zero-order valence-electron chi connectivity index (χ0n) is 9.88. The number of hydrogen-bond donors (Lipinski definition) is 2. The Bertz CT molecular complexity index is 547. The van der Waals surface area contributed by atoms with Crippen molar-refractivity contribution in [3.63, 3.8) is 0 Å². The Morgan fingerprint density at radius 3 is 3.11 bits per heavy atom. The van der Waals surface area contributed by atoms with Gasteiger partial charge < -0.3 is 10.1 Å². The summed E-state index contributed by atoms with van der Waals surface area (Å²) in [5.41, 5.74) is 1.53. The van der Waals surface area contributed by atoms with Gasteiger partial charge in [-0.3, -0.25) is 9.89 Å². The van der Waals surface area contributed by atoms with Gasteiger partial charge in [0.15, 0.2) is 0 Å². The van der Waals surface area contributed by atoms with E-state index in [9.17, 15) is 4.79 Å². The molecule has 18 heavy (non-hydrogen) atoms. The number of carbonyl (C=O) groups is 1. The van der Waals surface area contributed by atoms with Gasteiger partial charge in [0.1, 0.15) is 5.75 Å². The van der Waals surface area contributed by atoms with Crippen LogP contribution in [0.1, 0.15) is 5.56 Å². The molecule has 0 saturated heterocycles. The minimum absolute atomic E-state index is 0.209. The van der Waals surface area contributed by atoms with Crippen molar-refractivity contribution in [2.24, 2.45) is 0 Å². The van der Waals surface area contributed by atoms with Gasteiger partial charge in [-0.25, -0.2) is 0 Å². The number of nitrogens with one attached hydrogen (secondary N) is 2. The first-order valence-corrected chi connectivity index (χ1v) is 5.40. The van der Waals surface area contributed by atoms with E-state index >= 15 is 0 Å². The largest absolute Gasteiger partial charge is 0.497 e. The van der Waals surface area contributed by atoms with Crippen LogP contribution in [0.3, 0.4) is 0 Å². The average molecular weight is 243 g/mol. The number of rotatable bonds is 4. The molecule has 0 atom stereocenters. The molecular weight excluding hydrogens is 230 g/mol. The van der Waals surface area contributed by atoms with Crippen LogP contribution in [0.15, 0.2) is 42.7 Å². The SMILES string of the molecule is COc1cccc(/C=C/C(=O)Nc2cn[nH]c2)c1. The van der Waals surface area contributed by atoms with Gasteiger partial charge in [-0.05, 0) is 23.8 Å². The van der Waals surface area contributed by atoms with Crippen LogP contribution in [0.4, 0.5) is 5.69 Å². The Morgan fingerprint density at radius 2 is 2.39 bits per heavy atom. The van der Waals surface area contributed by atoms with Crippen LogP contribution in [0.5, 0.6) is 5.75 Å². The Hall–Kier alpha value is -2.56. The van der Waals surface area contributed by atoms with Gasteiger partial charge in [-0.2, -0.15) is 5.10 Å². The van der Waals surface area contributed by atoms with E-state index in [0.29, 0.717) is 5.69 Å². The van der Waals surface area contributed by atoms with Crippen LogP contribution in [0.2, 0.25) is 0 Å². The molecule has 0 aliphatic heterocycles. The second-order valence-electron chi connectivity index (χ2n) is 3.59. The normalized spacial score (nSPS) is 10.5. The lowest BCUT2D eigenvalue weighted by Crippen LogP contribution is -2.06.